The topological polar surface area (TPSA) is 96.3 Å². The van der Waals surface area contributed by atoms with Gasteiger partial charge in [-0.05, 0) is 42.5 Å². The monoisotopic (exact) mass is 410 g/mol. The Hall–Kier alpha value is -2.53. The second-order valence-electron chi connectivity index (χ2n) is 4.90. The zero-order valence-corrected chi connectivity index (χ0v) is 15.7. The van der Waals surface area contributed by atoms with Gasteiger partial charge in [-0.3, -0.25) is 0 Å². The lowest BCUT2D eigenvalue weighted by molar-refractivity contribution is 0.0602. The number of ether oxygens (including phenoxy) is 1. The predicted octanol–water partition coefficient (Wildman–Crippen LogP) is 4.03. The molecule has 0 atom stereocenters. The number of carbonyl (C=O) groups is 1. The summed E-state index contributed by atoms with van der Waals surface area (Å²) in [5.74, 6) is -0.642. The molecule has 0 aromatic heterocycles. The molecule has 0 aliphatic heterocycles. The fourth-order valence-corrected chi connectivity index (χ4v) is 3.36. The van der Waals surface area contributed by atoms with Crippen LogP contribution in [0.1, 0.15) is 10.4 Å². The molecule has 0 radical (unpaired) electrons. The molecule has 134 valence electrons. The maximum absolute atomic E-state index is 12.5. The van der Waals surface area contributed by atoms with Gasteiger partial charge < -0.3 is 10.1 Å². The van der Waals surface area contributed by atoms with Gasteiger partial charge in [0.05, 0.1) is 23.3 Å². The summed E-state index contributed by atoms with van der Waals surface area (Å²) in [4.78, 5) is 11.2. The molecule has 0 spiro atoms. The van der Waals surface area contributed by atoms with E-state index in [1.807, 2.05) is 0 Å². The first-order chi connectivity index (χ1) is 12.3. The third-order valence-corrected chi connectivity index (χ3v) is 5.44. The third kappa shape index (κ3) is 4.35. The molecule has 0 bridgehead atoms. The molecule has 2 aromatic carbocycles. The lowest BCUT2D eigenvalue weighted by atomic mass is 10.2. The first kappa shape index (κ1) is 19.8. The lowest BCUT2D eigenvalue weighted by Gasteiger charge is -2.09. The summed E-state index contributed by atoms with van der Waals surface area (Å²) in [6, 6.07) is 11.3. The molecule has 0 saturated carbocycles. The van der Waals surface area contributed by atoms with Gasteiger partial charge >= 0.3 is 5.97 Å². The van der Waals surface area contributed by atoms with Crippen molar-refractivity contribution >= 4 is 44.7 Å². The van der Waals surface area contributed by atoms with Gasteiger partial charge in [-0.15, -0.1) is 0 Å². The fourth-order valence-electron chi connectivity index (χ4n) is 1.98. The standard InChI is InChI=1S/C17H12Cl2N2O4S/c1-25-17(22)15-7-4-12(19)8-16(15)21-10-14(9-20)26(23,24)13-5-2-11(18)3-6-13/h2-8,10,21H,1H3. The van der Waals surface area contributed by atoms with Gasteiger partial charge in [0.25, 0.3) is 0 Å². The van der Waals surface area contributed by atoms with E-state index in [0.29, 0.717) is 10.0 Å². The largest absolute Gasteiger partial charge is 0.465 e. The first-order valence-electron chi connectivity index (χ1n) is 7.05. The van der Waals surface area contributed by atoms with Crippen LogP contribution in [0.2, 0.25) is 10.0 Å². The number of nitrogens with one attached hydrogen (secondary N) is 1. The molecule has 6 nitrogen and oxygen atoms in total. The summed E-state index contributed by atoms with van der Waals surface area (Å²) in [6.45, 7) is 0. The summed E-state index contributed by atoms with van der Waals surface area (Å²) in [5.41, 5.74) is 0.331. The maximum Gasteiger partial charge on any atom is 0.339 e. The molecule has 0 saturated heterocycles. The molecule has 26 heavy (non-hydrogen) atoms. The summed E-state index contributed by atoms with van der Waals surface area (Å²) in [7, 11) is -2.85. The average molecular weight is 411 g/mol. The number of nitriles is 1. The van der Waals surface area contributed by atoms with Crippen LogP contribution in [0.3, 0.4) is 0 Å². The summed E-state index contributed by atoms with van der Waals surface area (Å²) >= 11 is 11.7. The molecule has 0 aliphatic rings. The molecule has 0 heterocycles. The highest BCUT2D eigenvalue weighted by Gasteiger charge is 2.21. The summed E-state index contributed by atoms with van der Waals surface area (Å²) in [5, 5.41) is 12.6. The molecular weight excluding hydrogens is 399 g/mol. The van der Waals surface area contributed by atoms with Crippen LogP contribution >= 0.6 is 23.2 Å². The van der Waals surface area contributed by atoms with Crippen LogP contribution in [-0.4, -0.2) is 21.5 Å². The van der Waals surface area contributed by atoms with Crippen LogP contribution in [-0.2, 0) is 14.6 Å². The molecule has 0 fully saturated rings. The van der Waals surface area contributed by atoms with Gasteiger partial charge in [0.15, 0.2) is 4.91 Å². The van der Waals surface area contributed by atoms with Crippen LogP contribution in [0, 0.1) is 11.3 Å². The van der Waals surface area contributed by atoms with Gasteiger partial charge in [-0.2, -0.15) is 5.26 Å². The minimum absolute atomic E-state index is 0.0872. The molecule has 1 N–H and O–H groups in total. The Kier molecular flexibility index (Phi) is 6.27. The Bertz CT molecular complexity index is 1010. The van der Waals surface area contributed by atoms with Gasteiger partial charge in [0, 0.05) is 16.2 Å². The van der Waals surface area contributed by atoms with Crippen molar-refractivity contribution in [3.63, 3.8) is 0 Å². The Morgan fingerprint density at radius 1 is 1.15 bits per heavy atom. The van der Waals surface area contributed by atoms with E-state index >= 15 is 0 Å². The smallest absolute Gasteiger partial charge is 0.339 e. The van der Waals surface area contributed by atoms with Crippen LogP contribution < -0.4 is 5.32 Å². The average Bonchev–Trinajstić information content (AvgIpc) is 2.62. The van der Waals surface area contributed by atoms with Crippen molar-refractivity contribution in [3.8, 4) is 6.07 Å². The predicted molar refractivity (Wildman–Crippen MR) is 98.7 cm³/mol. The number of hydrogen-bond acceptors (Lipinski definition) is 6. The normalized spacial score (nSPS) is 11.5. The van der Waals surface area contributed by atoms with Gasteiger partial charge in [0.2, 0.25) is 9.84 Å². The Morgan fingerprint density at radius 3 is 2.35 bits per heavy atom. The van der Waals surface area contributed by atoms with Crippen molar-refractivity contribution in [2.45, 2.75) is 4.90 Å². The van der Waals surface area contributed by atoms with Crippen molar-refractivity contribution in [1.82, 2.24) is 0 Å². The van der Waals surface area contributed by atoms with Crippen LogP contribution in [0.25, 0.3) is 0 Å². The van der Waals surface area contributed by atoms with E-state index in [9.17, 15) is 18.5 Å². The molecule has 0 unspecified atom stereocenters. The van der Waals surface area contributed by atoms with Gasteiger partial charge in [-0.25, -0.2) is 13.2 Å². The van der Waals surface area contributed by atoms with Crippen LogP contribution in [0.15, 0.2) is 58.5 Å². The van der Waals surface area contributed by atoms with Crippen molar-refractivity contribution in [2.24, 2.45) is 0 Å². The highest BCUT2D eigenvalue weighted by molar-refractivity contribution is 7.95. The maximum atomic E-state index is 12.5. The minimum atomic E-state index is -4.06. The van der Waals surface area contributed by atoms with Crippen molar-refractivity contribution in [2.75, 3.05) is 12.4 Å². The number of hydrogen-bond donors (Lipinski definition) is 1. The van der Waals surface area contributed by atoms with Crippen molar-refractivity contribution in [3.05, 3.63) is 69.2 Å². The second kappa shape index (κ2) is 8.23. The fraction of sp³-hybridized carbons (Fsp3) is 0.0588. The Morgan fingerprint density at radius 2 is 1.77 bits per heavy atom. The molecule has 0 aliphatic carbocycles. The highest BCUT2D eigenvalue weighted by Crippen LogP contribution is 2.24. The number of methoxy groups -OCH3 is 1. The number of sulfone groups is 1. The number of carbonyl (C=O) groups excluding carboxylic acids is 1. The number of allylic oxidation sites excluding steroid dienone is 1. The Balaban J connectivity index is 2.42. The third-order valence-electron chi connectivity index (χ3n) is 3.27. The van der Waals surface area contributed by atoms with E-state index in [0.717, 1.165) is 6.20 Å². The van der Waals surface area contributed by atoms with Crippen LogP contribution in [0.4, 0.5) is 5.69 Å². The number of rotatable bonds is 5. The summed E-state index contributed by atoms with van der Waals surface area (Å²) < 4.78 is 29.8. The van der Waals surface area contributed by atoms with Crippen LogP contribution in [0.5, 0.6) is 0 Å². The molecular formula is C17H12Cl2N2O4S. The van der Waals surface area contributed by atoms with Crippen molar-refractivity contribution < 1.29 is 17.9 Å². The minimum Gasteiger partial charge on any atom is -0.465 e. The van der Waals surface area contributed by atoms with E-state index in [-0.39, 0.29) is 16.1 Å². The number of esters is 1. The molecule has 2 aromatic rings. The molecule has 9 heteroatoms. The van der Waals surface area contributed by atoms with Crippen molar-refractivity contribution in [1.29, 1.82) is 5.26 Å². The zero-order valence-electron chi connectivity index (χ0n) is 13.4. The number of anilines is 1. The highest BCUT2D eigenvalue weighted by atomic mass is 35.5. The van der Waals surface area contributed by atoms with E-state index in [1.54, 1.807) is 6.07 Å². The second-order valence-corrected chi connectivity index (χ2v) is 7.69. The van der Waals surface area contributed by atoms with E-state index in [4.69, 9.17) is 23.2 Å². The number of halogens is 2. The molecule has 0 amide bonds. The SMILES string of the molecule is COC(=O)c1ccc(Cl)cc1NC=C(C#N)S(=O)(=O)c1ccc(Cl)cc1. The Labute approximate surface area is 160 Å². The van der Waals surface area contributed by atoms with E-state index in [1.165, 1.54) is 49.6 Å². The first-order valence-corrected chi connectivity index (χ1v) is 9.29. The van der Waals surface area contributed by atoms with E-state index < -0.39 is 20.7 Å². The molecule has 2 rings (SSSR count). The number of benzene rings is 2. The van der Waals surface area contributed by atoms with Gasteiger partial charge in [0.1, 0.15) is 6.07 Å². The lowest BCUT2D eigenvalue weighted by Crippen LogP contribution is -2.08. The summed E-state index contributed by atoms with van der Waals surface area (Å²) in [6.07, 6.45) is 0.988. The zero-order chi connectivity index (χ0) is 19.3. The van der Waals surface area contributed by atoms with Gasteiger partial charge in [-0.1, -0.05) is 23.2 Å². The van der Waals surface area contributed by atoms with E-state index in [2.05, 4.69) is 10.1 Å². The quantitative estimate of drug-likeness (QED) is 0.590. The number of nitrogens with zero attached hydrogens (tertiary/aromatic N) is 1.